The van der Waals surface area contributed by atoms with E-state index in [9.17, 15) is 0 Å². The van der Waals surface area contributed by atoms with E-state index in [2.05, 4.69) is 116 Å². The molecule has 0 fully saturated rings. The Morgan fingerprint density at radius 1 is 0.481 bits per heavy atom. The fourth-order valence-electron chi connectivity index (χ4n) is 4.80. The summed E-state index contributed by atoms with van der Waals surface area (Å²) in [5.41, 5.74) is 6.52. The molecule has 0 nitrogen and oxygen atoms in total. The number of hydrogen-bond donors (Lipinski definition) is 0. The van der Waals surface area contributed by atoms with Crippen LogP contribution < -0.4 is 5.46 Å². The van der Waals surface area contributed by atoms with Crippen LogP contribution in [0.4, 0.5) is 0 Å². The van der Waals surface area contributed by atoms with E-state index in [4.69, 9.17) is 0 Å². The molecule has 1 heteroatoms. The molecule has 0 atom stereocenters. The van der Waals surface area contributed by atoms with Crippen molar-refractivity contribution in [2.24, 2.45) is 0 Å². The van der Waals surface area contributed by atoms with Gasteiger partial charge >= 0.3 is 0 Å². The SMILES string of the molecule is CC(C)(C)B(c1c(C(C)(C)C)cc(C(C)(C)C)cc1C(C)(C)C)C(C)(C)C. The number of rotatable bonds is 1. The van der Waals surface area contributed by atoms with E-state index in [1.807, 2.05) is 0 Å². The quantitative estimate of drug-likeness (QED) is 0.441. The van der Waals surface area contributed by atoms with Crippen molar-refractivity contribution in [2.45, 2.75) is 131 Å². The Balaban J connectivity index is 4.18. The van der Waals surface area contributed by atoms with Crippen molar-refractivity contribution >= 4 is 12.2 Å². The van der Waals surface area contributed by atoms with Crippen molar-refractivity contribution in [3.63, 3.8) is 0 Å². The Morgan fingerprint density at radius 2 is 0.778 bits per heavy atom. The molecule has 0 amide bonds. The molecule has 1 aromatic carbocycles. The molecule has 154 valence electrons. The lowest BCUT2D eigenvalue weighted by molar-refractivity contribution is 0.550. The zero-order valence-corrected chi connectivity index (χ0v) is 21.2. The van der Waals surface area contributed by atoms with Gasteiger partial charge in [-0.25, -0.2) is 0 Å². The van der Waals surface area contributed by atoms with Crippen LogP contribution in [-0.4, -0.2) is 6.71 Å². The van der Waals surface area contributed by atoms with Crippen LogP contribution in [0.25, 0.3) is 0 Å². The van der Waals surface area contributed by atoms with Crippen LogP contribution >= 0.6 is 0 Å². The molecule has 0 aliphatic heterocycles. The summed E-state index contributed by atoms with van der Waals surface area (Å²) < 4.78 is 0. The first-order valence-corrected chi connectivity index (χ1v) is 10.8. The van der Waals surface area contributed by atoms with Gasteiger partial charge in [0.05, 0.1) is 0 Å². The molecule has 0 aliphatic rings. The molecule has 0 saturated carbocycles. The van der Waals surface area contributed by atoms with Crippen molar-refractivity contribution < 1.29 is 0 Å². The van der Waals surface area contributed by atoms with Gasteiger partial charge in [0, 0.05) is 0 Å². The molecule has 0 radical (unpaired) electrons. The smallest absolute Gasteiger partial charge is 0.0716 e. The highest BCUT2D eigenvalue weighted by molar-refractivity contribution is 6.79. The fourth-order valence-corrected chi connectivity index (χ4v) is 4.80. The highest BCUT2D eigenvalue weighted by atomic mass is 14.3. The van der Waals surface area contributed by atoms with Gasteiger partial charge in [-0.1, -0.05) is 132 Å². The molecule has 0 bridgehead atoms. The van der Waals surface area contributed by atoms with E-state index in [0.29, 0.717) is 6.71 Å². The Hall–Kier alpha value is -0.715. The molecule has 0 N–H and O–H groups in total. The molecule has 1 aromatic rings. The summed E-state index contributed by atoms with van der Waals surface area (Å²) in [7, 11) is 0. The van der Waals surface area contributed by atoms with E-state index in [1.165, 1.54) is 16.7 Å². The Labute approximate surface area is 172 Å². The highest BCUT2D eigenvalue weighted by Crippen LogP contribution is 2.45. The van der Waals surface area contributed by atoms with Gasteiger partial charge in [0.25, 0.3) is 0 Å². The lowest BCUT2D eigenvalue weighted by Gasteiger charge is -2.44. The van der Waals surface area contributed by atoms with E-state index >= 15 is 0 Å². The summed E-state index contributed by atoms with van der Waals surface area (Å²) in [6.07, 6.45) is 0. The second-order valence-corrected chi connectivity index (χ2v) is 13.9. The third-order valence-electron chi connectivity index (χ3n) is 5.68. The van der Waals surface area contributed by atoms with Crippen LogP contribution in [0.3, 0.4) is 0 Å². The highest BCUT2D eigenvalue weighted by Gasteiger charge is 2.45. The lowest BCUT2D eigenvalue weighted by Crippen LogP contribution is -2.52. The summed E-state index contributed by atoms with van der Waals surface area (Å²) in [5, 5.41) is 0.392. The minimum atomic E-state index is 0.116. The molecule has 1 rings (SSSR count). The molecule has 0 spiro atoms. The van der Waals surface area contributed by atoms with Gasteiger partial charge in [-0.05, 0) is 32.9 Å². The standard InChI is InChI=1S/C26H47B/c1-22(2,3)18-16-19(23(4,5)6)21(20(17-18)24(7,8)9)27(25(10,11)12)26(13,14)15/h16-17H,1-15H3. The van der Waals surface area contributed by atoms with E-state index in [1.54, 1.807) is 5.46 Å². The largest absolute Gasteiger partial charge is 0.187 e. The van der Waals surface area contributed by atoms with Crippen LogP contribution in [0, 0.1) is 0 Å². The van der Waals surface area contributed by atoms with Crippen molar-refractivity contribution in [2.75, 3.05) is 0 Å². The zero-order chi connectivity index (χ0) is 21.8. The number of hydrogen-bond acceptors (Lipinski definition) is 0. The molecule has 27 heavy (non-hydrogen) atoms. The lowest BCUT2D eigenvalue weighted by atomic mass is 9.20. The van der Waals surface area contributed by atoms with Crippen LogP contribution in [0.5, 0.6) is 0 Å². The summed E-state index contributed by atoms with van der Waals surface area (Å²) in [5.74, 6) is 0. The second kappa shape index (κ2) is 6.96. The zero-order valence-electron chi connectivity index (χ0n) is 21.2. The van der Waals surface area contributed by atoms with Crippen molar-refractivity contribution in [1.29, 1.82) is 0 Å². The van der Waals surface area contributed by atoms with Gasteiger partial charge in [-0.2, -0.15) is 0 Å². The topological polar surface area (TPSA) is 0 Å². The maximum absolute atomic E-state index is 2.52. The first-order chi connectivity index (χ1) is 11.6. The number of benzene rings is 1. The normalized spacial score (nSPS) is 14.5. The van der Waals surface area contributed by atoms with Gasteiger partial charge in [0.1, 0.15) is 0 Å². The second-order valence-electron chi connectivity index (χ2n) is 13.9. The Morgan fingerprint density at radius 3 is 0.963 bits per heavy atom. The third-order valence-corrected chi connectivity index (χ3v) is 5.68. The predicted octanol–water partition coefficient (Wildman–Crippen LogP) is 7.88. The van der Waals surface area contributed by atoms with E-state index in [-0.39, 0.29) is 26.9 Å². The summed E-state index contributed by atoms with van der Waals surface area (Å²) in [6.45, 7) is 36.3. The third kappa shape index (κ3) is 5.64. The average molecular weight is 370 g/mol. The summed E-state index contributed by atoms with van der Waals surface area (Å²) >= 11 is 0. The molecule has 0 unspecified atom stereocenters. The van der Waals surface area contributed by atoms with Gasteiger partial charge in [-0.3, -0.25) is 0 Å². The molecular weight excluding hydrogens is 323 g/mol. The Bertz CT molecular complexity index is 610. The minimum absolute atomic E-state index is 0.116. The molecular formula is C26H47B. The maximum Gasteiger partial charge on any atom is 0.187 e. The first kappa shape index (κ1) is 24.3. The fraction of sp³-hybridized carbons (Fsp3) is 0.769. The van der Waals surface area contributed by atoms with Crippen molar-refractivity contribution in [3.8, 4) is 0 Å². The first-order valence-electron chi connectivity index (χ1n) is 10.8. The van der Waals surface area contributed by atoms with Gasteiger partial charge in [0.2, 0.25) is 0 Å². The van der Waals surface area contributed by atoms with Crippen LogP contribution in [0.2, 0.25) is 10.6 Å². The Kier molecular flexibility index (Phi) is 6.27. The molecule has 0 aromatic heterocycles. The summed E-state index contributed by atoms with van der Waals surface area (Å²) in [6, 6.07) is 5.05. The maximum atomic E-state index is 2.52. The van der Waals surface area contributed by atoms with E-state index < -0.39 is 0 Å². The van der Waals surface area contributed by atoms with Crippen molar-refractivity contribution in [1.82, 2.24) is 0 Å². The van der Waals surface area contributed by atoms with Crippen LogP contribution in [0.1, 0.15) is 121 Å². The average Bonchev–Trinajstić information content (AvgIpc) is 2.30. The van der Waals surface area contributed by atoms with Gasteiger partial charge in [-0.15, -0.1) is 0 Å². The van der Waals surface area contributed by atoms with Gasteiger partial charge < -0.3 is 0 Å². The van der Waals surface area contributed by atoms with E-state index in [0.717, 1.165) is 0 Å². The molecule has 0 heterocycles. The van der Waals surface area contributed by atoms with Gasteiger partial charge in [0.15, 0.2) is 6.71 Å². The van der Waals surface area contributed by atoms with Crippen molar-refractivity contribution in [3.05, 3.63) is 28.8 Å². The summed E-state index contributed by atoms with van der Waals surface area (Å²) in [4.78, 5) is 0. The van der Waals surface area contributed by atoms with Crippen LogP contribution in [-0.2, 0) is 16.2 Å². The molecule has 0 aliphatic carbocycles. The minimum Gasteiger partial charge on any atom is -0.0716 e. The monoisotopic (exact) mass is 370 g/mol. The molecule has 0 saturated heterocycles. The van der Waals surface area contributed by atoms with Crippen LogP contribution in [0.15, 0.2) is 12.1 Å². The predicted molar refractivity (Wildman–Crippen MR) is 127 cm³/mol.